The SMILES string of the molecule is Cc1c(Cl)cc(NC(=O)NCc2ccc3c(c2)C(=O)N(C2CCC(=O)NC2=O)C3)cc1C[C@H]1CO[C@@H](C)OC1. The van der Waals surface area contributed by atoms with Gasteiger partial charge in [0.05, 0.1) is 13.2 Å². The molecule has 2 fully saturated rings. The number of imide groups is 1. The molecule has 2 aromatic rings. The Morgan fingerprint density at radius 2 is 1.92 bits per heavy atom. The summed E-state index contributed by atoms with van der Waals surface area (Å²) in [6, 6.07) is 7.97. The Kier molecular flexibility index (Phi) is 7.88. The van der Waals surface area contributed by atoms with Gasteiger partial charge < -0.3 is 25.0 Å². The van der Waals surface area contributed by atoms with E-state index < -0.39 is 18.0 Å². The molecule has 10 nitrogen and oxygen atoms in total. The third-order valence-electron chi connectivity index (χ3n) is 7.40. The summed E-state index contributed by atoms with van der Waals surface area (Å²) in [4.78, 5) is 50.9. The van der Waals surface area contributed by atoms with Gasteiger partial charge in [-0.2, -0.15) is 0 Å². The van der Waals surface area contributed by atoms with Gasteiger partial charge in [0.1, 0.15) is 6.04 Å². The number of hydrogen-bond donors (Lipinski definition) is 3. The first kappa shape index (κ1) is 27.1. The number of anilines is 1. The normalized spacial score (nSPS) is 22.9. The molecule has 5 amide bonds. The van der Waals surface area contributed by atoms with Crippen molar-refractivity contribution in [3.8, 4) is 0 Å². The number of piperidine rings is 1. The Bertz CT molecular complexity index is 1320. The Morgan fingerprint density at radius 3 is 2.67 bits per heavy atom. The molecular formula is C28H31ClN4O6. The van der Waals surface area contributed by atoms with Crippen LogP contribution >= 0.6 is 11.6 Å². The molecular weight excluding hydrogens is 524 g/mol. The van der Waals surface area contributed by atoms with E-state index >= 15 is 0 Å². The summed E-state index contributed by atoms with van der Waals surface area (Å²) in [5.41, 5.74) is 4.60. The number of halogens is 1. The van der Waals surface area contributed by atoms with E-state index in [0.717, 1.165) is 22.3 Å². The van der Waals surface area contributed by atoms with Crippen molar-refractivity contribution in [2.75, 3.05) is 18.5 Å². The molecule has 0 bridgehead atoms. The largest absolute Gasteiger partial charge is 0.353 e. The molecule has 3 heterocycles. The lowest BCUT2D eigenvalue weighted by Gasteiger charge is -2.29. The topological polar surface area (TPSA) is 126 Å². The van der Waals surface area contributed by atoms with Gasteiger partial charge in [0, 0.05) is 41.7 Å². The van der Waals surface area contributed by atoms with Gasteiger partial charge in [-0.25, -0.2) is 4.79 Å². The number of urea groups is 1. The lowest BCUT2D eigenvalue weighted by molar-refractivity contribution is -0.189. The van der Waals surface area contributed by atoms with Crippen molar-refractivity contribution in [3.63, 3.8) is 0 Å². The molecule has 1 unspecified atom stereocenters. The zero-order valence-corrected chi connectivity index (χ0v) is 22.6. The number of benzene rings is 2. The van der Waals surface area contributed by atoms with E-state index in [1.54, 1.807) is 12.1 Å². The minimum absolute atomic E-state index is 0.198. The van der Waals surface area contributed by atoms with E-state index in [4.69, 9.17) is 21.1 Å². The van der Waals surface area contributed by atoms with Gasteiger partial charge in [-0.1, -0.05) is 23.7 Å². The van der Waals surface area contributed by atoms with Crippen LogP contribution in [-0.2, 0) is 38.6 Å². The zero-order chi connectivity index (χ0) is 27.7. The standard InChI is InChI=1S/C28H31ClN4O6/c1-15-20(7-18-13-38-16(2)39-14-18)9-21(10-23(15)29)31-28(37)30-11-17-3-4-19-12-33(27(36)22(19)8-17)24-5-6-25(34)32-26(24)35/h3-4,8-10,16,18,24H,5-7,11-14H2,1-2H3,(H2,30,31,37)(H,32,34,35)/t16-,18+,24?. The first-order chi connectivity index (χ1) is 18.7. The van der Waals surface area contributed by atoms with Crippen LogP contribution < -0.4 is 16.0 Å². The second-order valence-corrected chi connectivity index (χ2v) is 10.7. The molecule has 0 saturated carbocycles. The van der Waals surface area contributed by atoms with Crippen molar-refractivity contribution in [3.05, 3.63) is 63.2 Å². The van der Waals surface area contributed by atoms with Crippen LogP contribution in [0.2, 0.25) is 5.02 Å². The first-order valence-electron chi connectivity index (χ1n) is 13.0. The Hall–Kier alpha value is -3.47. The second-order valence-electron chi connectivity index (χ2n) is 10.2. The summed E-state index contributed by atoms with van der Waals surface area (Å²) in [5, 5.41) is 8.53. The van der Waals surface area contributed by atoms with Crippen LogP contribution in [0.5, 0.6) is 0 Å². The molecule has 11 heteroatoms. The van der Waals surface area contributed by atoms with Crippen LogP contribution in [0.25, 0.3) is 0 Å². The highest BCUT2D eigenvalue weighted by Gasteiger charge is 2.39. The van der Waals surface area contributed by atoms with Crippen LogP contribution in [0, 0.1) is 12.8 Å². The van der Waals surface area contributed by atoms with Gasteiger partial charge in [0.25, 0.3) is 5.91 Å². The molecule has 3 aliphatic heterocycles. The van der Waals surface area contributed by atoms with Gasteiger partial charge in [-0.3, -0.25) is 19.7 Å². The van der Waals surface area contributed by atoms with Crippen LogP contribution in [0.4, 0.5) is 10.5 Å². The number of rotatable bonds is 6. The fourth-order valence-corrected chi connectivity index (χ4v) is 5.40. The van der Waals surface area contributed by atoms with Crippen molar-refractivity contribution in [2.24, 2.45) is 5.92 Å². The molecule has 0 radical (unpaired) electrons. The first-order valence-corrected chi connectivity index (χ1v) is 13.4. The van der Waals surface area contributed by atoms with Crippen LogP contribution in [0.1, 0.15) is 52.4 Å². The number of fused-ring (bicyclic) bond motifs is 1. The van der Waals surface area contributed by atoms with E-state index in [1.807, 2.05) is 32.0 Å². The average molecular weight is 555 g/mol. The van der Waals surface area contributed by atoms with Gasteiger partial charge in [-0.05, 0) is 67.1 Å². The fraction of sp³-hybridized carbons (Fsp3) is 0.429. The molecule has 1 atom stereocenters. The molecule has 3 N–H and O–H groups in total. The summed E-state index contributed by atoms with van der Waals surface area (Å²) in [6.07, 6.45) is 1.03. The highest BCUT2D eigenvalue weighted by atomic mass is 35.5. The number of carbonyl (C=O) groups is 4. The predicted molar refractivity (Wildman–Crippen MR) is 143 cm³/mol. The number of hydrogen-bond acceptors (Lipinski definition) is 6. The quantitative estimate of drug-likeness (QED) is 0.470. The minimum atomic E-state index is -0.664. The highest BCUT2D eigenvalue weighted by Crippen LogP contribution is 2.29. The van der Waals surface area contributed by atoms with Gasteiger partial charge in [0.15, 0.2) is 6.29 Å². The van der Waals surface area contributed by atoms with E-state index in [1.165, 1.54) is 4.90 Å². The average Bonchev–Trinajstić information content (AvgIpc) is 3.22. The maximum atomic E-state index is 13.0. The Balaban J connectivity index is 1.19. The van der Waals surface area contributed by atoms with Crippen molar-refractivity contribution in [1.29, 1.82) is 0 Å². The van der Waals surface area contributed by atoms with Crippen LogP contribution in [0.3, 0.4) is 0 Å². The number of amides is 5. The van der Waals surface area contributed by atoms with Gasteiger partial charge in [0.2, 0.25) is 11.8 Å². The molecule has 3 aliphatic rings. The highest BCUT2D eigenvalue weighted by molar-refractivity contribution is 6.31. The minimum Gasteiger partial charge on any atom is -0.353 e. The smallest absolute Gasteiger partial charge is 0.319 e. The molecule has 2 saturated heterocycles. The summed E-state index contributed by atoms with van der Waals surface area (Å²) < 4.78 is 11.2. The predicted octanol–water partition coefficient (Wildman–Crippen LogP) is 3.28. The van der Waals surface area contributed by atoms with Crippen molar-refractivity contribution in [2.45, 2.75) is 58.5 Å². The van der Waals surface area contributed by atoms with Gasteiger partial charge >= 0.3 is 6.03 Å². The summed E-state index contributed by atoms with van der Waals surface area (Å²) in [6.45, 7) is 5.54. The van der Waals surface area contributed by atoms with Gasteiger partial charge in [-0.15, -0.1) is 0 Å². The zero-order valence-electron chi connectivity index (χ0n) is 21.8. The lowest BCUT2D eigenvalue weighted by Crippen LogP contribution is -2.52. The third-order valence-corrected chi connectivity index (χ3v) is 7.79. The molecule has 2 aromatic carbocycles. The van der Waals surface area contributed by atoms with E-state index in [2.05, 4.69) is 16.0 Å². The summed E-state index contributed by atoms with van der Waals surface area (Å²) >= 11 is 6.46. The summed E-state index contributed by atoms with van der Waals surface area (Å²) in [7, 11) is 0. The third kappa shape index (κ3) is 6.08. The van der Waals surface area contributed by atoms with E-state index in [0.29, 0.717) is 48.9 Å². The molecule has 39 heavy (non-hydrogen) atoms. The van der Waals surface area contributed by atoms with E-state index in [-0.39, 0.29) is 37.0 Å². The Labute approximate surface area is 231 Å². The number of nitrogens with one attached hydrogen (secondary N) is 3. The number of carbonyl (C=O) groups excluding carboxylic acids is 4. The molecule has 206 valence electrons. The van der Waals surface area contributed by atoms with Crippen LogP contribution in [0.15, 0.2) is 30.3 Å². The van der Waals surface area contributed by atoms with Crippen LogP contribution in [-0.4, -0.2) is 54.2 Å². The maximum absolute atomic E-state index is 13.0. The molecule has 5 rings (SSSR count). The van der Waals surface area contributed by atoms with Crippen molar-refractivity contribution in [1.82, 2.24) is 15.5 Å². The molecule has 0 aliphatic carbocycles. The number of nitrogens with zero attached hydrogens (tertiary/aromatic N) is 1. The maximum Gasteiger partial charge on any atom is 0.319 e. The molecule has 0 aromatic heterocycles. The summed E-state index contributed by atoms with van der Waals surface area (Å²) in [5.74, 6) is -0.816. The van der Waals surface area contributed by atoms with Crippen molar-refractivity contribution < 1.29 is 28.7 Å². The fourth-order valence-electron chi connectivity index (χ4n) is 5.16. The monoisotopic (exact) mass is 554 g/mol. The number of ether oxygens (including phenoxy) is 2. The molecule has 0 spiro atoms. The second kappa shape index (κ2) is 11.3. The lowest BCUT2D eigenvalue weighted by atomic mass is 9.96. The Morgan fingerprint density at radius 1 is 1.15 bits per heavy atom. The van der Waals surface area contributed by atoms with E-state index in [9.17, 15) is 19.2 Å². The van der Waals surface area contributed by atoms with Crippen molar-refractivity contribution >= 4 is 41.0 Å².